The highest BCUT2D eigenvalue weighted by atomic mass is 16.6. The monoisotopic (exact) mass is 296 g/mol. The highest BCUT2D eigenvalue weighted by molar-refractivity contribution is 5.52. The van der Waals surface area contributed by atoms with Gasteiger partial charge < -0.3 is 5.32 Å². The van der Waals surface area contributed by atoms with E-state index in [4.69, 9.17) is 0 Å². The molecule has 4 nitrogen and oxygen atoms in total. The number of anilines is 1. The van der Waals surface area contributed by atoms with Gasteiger partial charge in [0.25, 0.3) is 5.69 Å². The third-order valence-corrected chi connectivity index (χ3v) is 4.50. The highest BCUT2D eigenvalue weighted by Gasteiger charge is 2.33. The van der Waals surface area contributed by atoms with E-state index in [-0.39, 0.29) is 16.1 Å². The average Bonchev–Trinajstić information content (AvgIpc) is 2.57. The van der Waals surface area contributed by atoms with Crippen molar-refractivity contribution >= 4 is 11.4 Å². The number of hydrogen-bond donors (Lipinski definition) is 1. The maximum atomic E-state index is 10.8. The van der Waals surface area contributed by atoms with Gasteiger partial charge in [0.2, 0.25) is 0 Å². The lowest BCUT2D eigenvalue weighted by molar-refractivity contribution is -0.384. The molecule has 2 aromatic rings. The number of non-ortho nitro benzene ring substituents is 1. The predicted octanol–water partition coefficient (Wildman–Crippen LogP) is 4.87. The van der Waals surface area contributed by atoms with Crippen LogP contribution in [0.5, 0.6) is 0 Å². The third-order valence-electron chi connectivity index (χ3n) is 4.50. The van der Waals surface area contributed by atoms with E-state index in [0.29, 0.717) is 0 Å². The number of nitrogens with zero attached hydrogens (tertiary/aromatic N) is 1. The van der Waals surface area contributed by atoms with Gasteiger partial charge in [-0.05, 0) is 30.5 Å². The van der Waals surface area contributed by atoms with E-state index in [1.54, 1.807) is 24.3 Å². The maximum Gasteiger partial charge on any atom is 0.269 e. The zero-order valence-corrected chi connectivity index (χ0v) is 12.5. The van der Waals surface area contributed by atoms with Crippen molar-refractivity contribution in [1.82, 2.24) is 0 Å². The van der Waals surface area contributed by atoms with Crippen molar-refractivity contribution in [3.8, 4) is 0 Å². The number of nitrogens with one attached hydrogen (secondary N) is 1. The van der Waals surface area contributed by atoms with Crippen molar-refractivity contribution < 1.29 is 4.92 Å². The van der Waals surface area contributed by atoms with Gasteiger partial charge >= 0.3 is 0 Å². The Morgan fingerprint density at radius 3 is 2.14 bits per heavy atom. The Labute approximate surface area is 130 Å². The van der Waals surface area contributed by atoms with Gasteiger partial charge in [0.15, 0.2) is 0 Å². The van der Waals surface area contributed by atoms with Crippen LogP contribution in [0.4, 0.5) is 11.4 Å². The summed E-state index contributed by atoms with van der Waals surface area (Å²) in [5.41, 5.74) is 2.31. The summed E-state index contributed by atoms with van der Waals surface area (Å²) in [5.74, 6) is 0. The van der Waals surface area contributed by atoms with E-state index in [9.17, 15) is 10.1 Å². The van der Waals surface area contributed by atoms with Gasteiger partial charge in [0.05, 0.1) is 10.5 Å². The summed E-state index contributed by atoms with van der Waals surface area (Å²) < 4.78 is 0. The predicted molar refractivity (Wildman–Crippen MR) is 87.9 cm³/mol. The summed E-state index contributed by atoms with van der Waals surface area (Å²) in [6.45, 7) is 0. The molecule has 0 atom stereocenters. The lowest BCUT2D eigenvalue weighted by atomic mass is 9.76. The molecule has 0 amide bonds. The maximum absolute atomic E-state index is 10.8. The first-order valence-electron chi connectivity index (χ1n) is 7.78. The van der Waals surface area contributed by atoms with Crippen molar-refractivity contribution in [2.75, 3.05) is 5.32 Å². The first kappa shape index (κ1) is 14.6. The van der Waals surface area contributed by atoms with Gasteiger partial charge in [-0.15, -0.1) is 0 Å². The summed E-state index contributed by atoms with van der Waals surface area (Å²) in [6.07, 6.45) is 5.86. The van der Waals surface area contributed by atoms with Crippen molar-refractivity contribution in [3.63, 3.8) is 0 Å². The molecule has 114 valence electrons. The Kier molecular flexibility index (Phi) is 4.09. The van der Waals surface area contributed by atoms with Crippen LogP contribution >= 0.6 is 0 Å². The number of nitro groups is 1. The Morgan fingerprint density at radius 2 is 1.55 bits per heavy atom. The molecule has 0 aliphatic heterocycles. The fraction of sp³-hybridized carbons (Fsp3) is 0.333. The van der Waals surface area contributed by atoms with E-state index in [1.165, 1.54) is 24.8 Å². The highest BCUT2D eigenvalue weighted by Crippen LogP contribution is 2.40. The molecule has 0 bridgehead atoms. The topological polar surface area (TPSA) is 55.2 Å². The Balaban J connectivity index is 1.89. The second-order valence-corrected chi connectivity index (χ2v) is 5.94. The van der Waals surface area contributed by atoms with Crippen LogP contribution in [-0.4, -0.2) is 4.92 Å². The van der Waals surface area contributed by atoms with E-state index in [2.05, 4.69) is 29.6 Å². The van der Waals surface area contributed by atoms with E-state index >= 15 is 0 Å². The Morgan fingerprint density at radius 1 is 0.909 bits per heavy atom. The first-order valence-corrected chi connectivity index (χ1v) is 7.78. The largest absolute Gasteiger partial charge is 0.376 e. The standard InChI is InChI=1S/C18H20N2O2/c21-20(22)17-11-9-16(10-12-17)19-18(13-5-2-6-14-18)15-7-3-1-4-8-15/h1,3-4,7-12,19H,2,5-6,13-14H2. The van der Waals surface area contributed by atoms with Crippen LogP contribution in [0.1, 0.15) is 37.7 Å². The number of rotatable bonds is 4. The van der Waals surface area contributed by atoms with Crippen LogP contribution in [0, 0.1) is 10.1 Å². The molecule has 1 fully saturated rings. The molecule has 2 aromatic carbocycles. The molecule has 1 saturated carbocycles. The SMILES string of the molecule is O=[N+]([O-])c1ccc(NC2(c3ccccc3)CCCCC2)cc1. The minimum atomic E-state index is -0.364. The van der Waals surface area contributed by atoms with E-state index in [1.807, 2.05) is 6.07 Å². The molecule has 1 aliphatic rings. The molecular weight excluding hydrogens is 276 g/mol. The summed E-state index contributed by atoms with van der Waals surface area (Å²) in [5, 5.41) is 14.4. The summed E-state index contributed by atoms with van der Waals surface area (Å²) in [7, 11) is 0. The number of benzene rings is 2. The second-order valence-electron chi connectivity index (χ2n) is 5.94. The molecule has 1 N–H and O–H groups in total. The second kappa shape index (κ2) is 6.18. The van der Waals surface area contributed by atoms with Crippen LogP contribution in [0.25, 0.3) is 0 Å². The molecule has 0 spiro atoms. The zero-order chi connectivity index (χ0) is 15.4. The molecule has 0 saturated heterocycles. The molecule has 22 heavy (non-hydrogen) atoms. The third kappa shape index (κ3) is 2.96. The molecule has 0 unspecified atom stereocenters. The molecule has 4 heteroatoms. The minimum absolute atomic E-state index is 0.0599. The lowest BCUT2D eigenvalue weighted by Crippen LogP contribution is -2.37. The van der Waals surface area contributed by atoms with Crippen LogP contribution in [-0.2, 0) is 5.54 Å². The molecule has 3 rings (SSSR count). The smallest absolute Gasteiger partial charge is 0.269 e. The van der Waals surface area contributed by atoms with Crippen LogP contribution in [0.3, 0.4) is 0 Å². The average molecular weight is 296 g/mol. The minimum Gasteiger partial charge on any atom is -0.376 e. The molecular formula is C18H20N2O2. The van der Waals surface area contributed by atoms with Gasteiger partial charge in [-0.3, -0.25) is 10.1 Å². The molecule has 0 heterocycles. The Bertz CT molecular complexity index is 632. The van der Waals surface area contributed by atoms with E-state index in [0.717, 1.165) is 18.5 Å². The summed E-state index contributed by atoms with van der Waals surface area (Å²) >= 11 is 0. The zero-order valence-electron chi connectivity index (χ0n) is 12.5. The normalized spacial score (nSPS) is 16.9. The van der Waals surface area contributed by atoms with Gasteiger partial charge in [-0.1, -0.05) is 49.6 Å². The number of nitro benzene ring substituents is 1. The fourth-order valence-electron chi connectivity index (χ4n) is 3.34. The first-order chi connectivity index (χ1) is 10.7. The Hall–Kier alpha value is -2.36. The van der Waals surface area contributed by atoms with Gasteiger partial charge in [-0.25, -0.2) is 0 Å². The van der Waals surface area contributed by atoms with Crippen LogP contribution < -0.4 is 5.32 Å². The number of hydrogen-bond acceptors (Lipinski definition) is 3. The van der Waals surface area contributed by atoms with Gasteiger partial charge in [0, 0.05) is 17.8 Å². The molecule has 1 aliphatic carbocycles. The van der Waals surface area contributed by atoms with Crippen LogP contribution in [0.2, 0.25) is 0 Å². The molecule has 0 radical (unpaired) electrons. The van der Waals surface area contributed by atoms with Crippen molar-refractivity contribution in [1.29, 1.82) is 0 Å². The van der Waals surface area contributed by atoms with Crippen molar-refractivity contribution in [2.45, 2.75) is 37.6 Å². The molecule has 0 aromatic heterocycles. The quantitative estimate of drug-likeness (QED) is 0.647. The summed E-state index contributed by atoms with van der Waals surface area (Å²) in [6, 6.07) is 17.2. The van der Waals surface area contributed by atoms with Crippen LogP contribution in [0.15, 0.2) is 54.6 Å². The summed E-state index contributed by atoms with van der Waals surface area (Å²) in [4.78, 5) is 10.4. The van der Waals surface area contributed by atoms with Crippen molar-refractivity contribution in [3.05, 3.63) is 70.3 Å². The van der Waals surface area contributed by atoms with Crippen molar-refractivity contribution in [2.24, 2.45) is 0 Å². The van der Waals surface area contributed by atoms with Gasteiger partial charge in [-0.2, -0.15) is 0 Å². The van der Waals surface area contributed by atoms with E-state index < -0.39 is 0 Å². The fourth-order valence-corrected chi connectivity index (χ4v) is 3.34. The lowest BCUT2D eigenvalue weighted by Gasteiger charge is -2.39. The van der Waals surface area contributed by atoms with Gasteiger partial charge in [0.1, 0.15) is 0 Å².